The molecule has 2 heterocycles. The first kappa shape index (κ1) is 18.9. The summed E-state index contributed by atoms with van der Waals surface area (Å²) in [5.41, 5.74) is 6.05. The molecular formula is C25H24N2O2. The molecule has 0 radical (unpaired) electrons. The highest BCUT2D eigenvalue weighted by molar-refractivity contribution is 5.84. The van der Waals surface area contributed by atoms with Gasteiger partial charge in [0.05, 0.1) is 23.3 Å². The number of hydrogen-bond acceptors (Lipinski definition) is 4. The highest BCUT2D eigenvalue weighted by Gasteiger charge is 2.18. The van der Waals surface area contributed by atoms with Crippen LogP contribution >= 0.6 is 0 Å². The van der Waals surface area contributed by atoms with Crippen molar-refractivity contribution < 1.29 is 4.42 Å². The first-order valence-electron chi connectivity index (χ1n) is 9.76. The fourth-order valence-electron chi connectivity index (χ4n) is 3.64. The normalized spacial score (nSPS) is 12.1. The molecule has 0 aliphatic rings. The molecular weight excluding hydrogens is 360 g/mol. The molecule has 0 amide bonds. The highest BCUT2D eigenvalue weighted by Crippen LogP contribution is 2.31. The average Bonchev–Trinajstić information content (AvgIpc) is 2.72. The topological polar surface area (TPSA) is 55.1 Å². The van der Waals surface area contributed by atoms with Crippen LogP contribution in [0.5, 0.6) is 0 Å². The minimum atomic E-state index is -0.0589. The van der Waals surface area contributed by atoms with Crippen LogP contribution < -0.4 is 10.7 Å². The summed E-state index contributed by atoms with van der Waals surface area (Å²) >= 11 is 0. The lowest BCUT2D eigenvalue weighted by atomic mass is 9.99. The molecule has 0 aliphatic heterocycles. The third-order valence-electron chi connectivity index (χ3n) is 5.19. The lowest BCUT2D eigenvalue weighted by Gasteiger charge is -2.18. The van der Waals surface area contributed by atoms with Gasteiger partial charge in [-0.3, -0.25) is 9.78 Å². The van der Waals surface area contributed by atoms with E-state index in [1.165, 1.54) is 0 Å². The second-order valence-corrected chi connectivity index (χ2v) is 7.54. The molecule has 4 aromatic rings. The number of benzene rings is 2. The Morgan fingerprint density at radius 3 is 2.45 bits per heavy atom. The van der Waals surface area contributed by atoms with Crippen LogP contribution in [0.1, 0.15) is 35.3 Å². The van der Waals surface area contributed by atoms with Gasteiger partial charge < -0.3 is 9.73 Å². The molecule has 1 unspecified atom stereocenters. The zero-order chi connectivity index (χ0) is 20.5. The van der Waals surface area contributed by atoms with E-state index in [4.69, 9.17) is 4.42 Å². The Bertz CT molecular complexity index is 1230. The van der Waals surface area contributed by atoms with Gasteiger partial charge in [0, 0.05) is 22.4 Å². The van der Waals surface area contributed by atoms with Crippen molar-refractivity contribution in [3.05, 3.63) is 93.4 Å². The molecule has 0 spiro atoms. The fourth-order valence-corrected chi connectivity index (χ4v) is 3.64. The molecule has 0 bridgehead atoms. The van der Waals surface area contributed by atoms with E-state index in [9.17, 15) is 4.79 Å². The summed E-state index contributed by atoms with van der Waals surface area (Å²) in [6, 6.07) is 17.7. The second-order valence-electron chi connectivity index (χ2n) is 7.54. The van der Waals surface area contributed by atoms with Crippen molar-refractivity contribution in [3.8, 4) is 11.3 Å². The maximum absolute atomic E-state index is 13.2. The van der Waals surface area contributed by atoms with Crippen molar-refractivity contribution >= 4 is 16.7 Å². The first-order chi connectivity index (χ1) is 13.9. The number of rotatable bonds is 4. The van der Waals surface area contributed by atoms with Gasteiger partial charge in [-0.2, -0.15) is 0 Å². The van der Waals surface area contributed by atoms with Crippen LogP contribution in [0.15, 0.2) is 70.0 Å². The van der Waals surface area contributed by atoms with Crippen LogP contribution in [-0.4, -0.2) is 4.98 Å². The minimum absolute atomic E-state index is 0.0132. The Balaban J connectivity index is 1.88. The quantitative estimate of drug-likeness (QED) is 0.472. The molecule has 1 atom stereocenters. The van der Waals surface area contributed by atoms with E-state index in [0.717, 1.165) is 28.1 Å². The Morgan fingerprint density at radius 2 is 1.76 bits per heavy atom. The Kier molecular flexibility index (Phi) is 4.93. The SMILES string of the molecule is Cc1cc(C(C)Nc2ccc(C)nc2)c2oc(-c3ccccc3)c(C)c(=O)c2c1. The van der Waals surface area contributed by atoms with E-state index >= 15 is 0 Å². The second kappa shape index (κ2) is 7.55. The third-order valence-corrected chi connectivity index (χ3v) is 5.19. The van der Waals surface area contributed by atoms with Gasteiger partial charge in [0.15, 0.2) is 5.43 Å². The number of anilines is 1. The van der Waals surface area contributed by atoms with E-state index in [2.05, 4.69) is 23.3 Å². The number of nitrogens with one attached hydrogen (secondary N) is 1. The molecule has 29 heavy (non-hydrogen) atoms. The van der Waals surface area contributed by atoms with Crippen molar-refractivity contribution in [3.63, 3.8) is 0 Å². The van der Waals surface area contributed by atoms with Crippen LogP contribution in [0.2, 0.25) is 0 Å². The molecule has 1 N–H and O–H groups in total. The zero-order valence-corrected chi connectivity index (χ0v) is 17.1. The maximum Gasteiger partial charge on any atom is 0.196 e. The van der Waals surface area contributed by atoms with E-state index in [0.29, 0.717) is 22.3 Å². The van der Waals surface area contributed by atoms with Crippen molar-refractivity contribution in [2.75, 3.05) is 5.32 Å². The van der Waals surface area contributed by atoms with Crippen molar-refractivity contribution in [2.45, 2.75) is 33.7 Å². The predicted molar refractivity (Wildman–Crippen MR) is 118 cm³/mol. The number of aryl methyl sites for hydroxylation is 2. The van der Waals surface area contributed by atoms with Crippen LogP contribution in [-0.2, 0) is 0 Å². The molecule has 0 fully saturated rings. The van der Waals surface area contributed by atoms with Crippen LogP contribution in [0.4, 0.5) is 5.69 Å². The number of nitrogens with zero attached hydrogens (tertiary/aromatic N) is 1. The third kappa shape index (κ3) is 3.66. The summed E-state index contributed by atoms with van der Waals surface area (Å²) in [6.07, 6.45) is 1.82. The van der Waals surface area contributed by atoms with Gasteiger partial charge in [-0.1, -0.05) is 36.4 Å². The summed E-state index contributed by atoms with van der Waals surface area (Å²) in [5.74, 6) is 0.623. The smallest absolute Gasteiger partial charge is 0.196 e. The average molecular weight is 384 g/mol. The fraction of sp³-hybridized carbons (Fsp3) is 0.200. The van der Waals surface area contributed by atoms with Crippen LogP contribution in [0, 0.1) is 20.8 Å². The predicted octanol–water partition coefficient (Wildman–Crippen LogP) is 5.95. The first-order valence-corrected chi connectivity index (χ1v) is 9.76. The van der Waals surface area contributed by atoms with Crippen molar-refractivity contribution in [1.82, 2.24) is 4.98 Å². The largest absolute Gasteiger partial charge is 0.455 e. The molecule has 146 valence electrons. The van der Waals surface area contributed by atoms with Gasteiger partial charge in [-0.05, 0) is 51.5 Å². The number of pyridine rings is 1. The molecule has 2 aromatic heterocycles. The summed E-state index contributed by atoms with van der Waals surface area (Å²) in [4.78, 5) is 17.5. The van der Waals surface area contributed by atoms with Crippen LogP contribution in [0.25, 0.3) is 22.3 Å². The lowest BCUT2D eigenvalue weighted by Crippen LogP contribution is -2.12. The molecule has 2 aromatic carbocycles. The monoisotopic (exact) mass is 384 g/mol. The lowest BCUT2D eigenvalue weighted by molar-refractivity contribution is 0.605. The number of hydrogen-bond donors (Lipinski definition) is 1. The summed E-state index contributed by atoms with van der Waals surface area (Å²) < 4.78 is 6.37. The molecule has 4 nitrogen and oxygen atoms in total. The molecule has 0 aliphatic carbocycles. The zero-order valence-electron chi connectivity index (χ0n) is 17.1. The van der Waals surface area contributed by atoms with E-state index < -0.39 is 0 Å². The Labute approximate surface area is 170 Å². The minimum Gasteiger partial charge on any atom is -0.455 e. The van der Waals surface area contributed by atoms with Gasteiger partial charge in [0.25, 0.3) is 0 Å². The molecule has 4 rings (SSSR count). The highest BCUT2D eigenvalue weighted by atomic mass is 16.3. The number of fused-ring (bicyclic) bond motifs is 1. The van der Waals surface area contributed by atoms with E-state index in [-0.39, 0.29) is 11.5 Å². The van der Waals surface area contributed by atoms with Crippen LogP contribution in [0.3, 0.4) is 0 Å². The standard InChI is InChI=1S/C25H24N2O2/c1-15-12-21(18(4)27-20-11-10-16(2)26-14-20)25-22(13-15)23(28)17(3)24(29-25)19-8-6-5-7-9-19/h5-14,18,27H,1-4H3. The Morgan fingerprint density at radius 1 is 1.00 bits per heavy atom. The van der Waals surface area contributed by atoms with Gasteiger partial charge in [-0.25, -0.2) is 0 Å². The summed E-state index contributed by atoms with van der Waals surface area (Å²) in [5, 5.41) is 4.09. The summed E-state index contributed by atoms with van der Waals surface area (Å²) in [7, 11) is 0. The van der Waals surface area contributed by atoms with Gasteiger partial charge in [0.1, 0.15) is 11.3 Å². The van der Waals surface area contributed by atoms with Crippen molar-refractivity contribution in [2.24, 2.45) is 0 Å². The molecule has 0 saturated carbocycles. The Hall–Kier alpha value is -3.40. The molecule has 4 heteroatoms. The van der Waals surface area contributed by atoms with Gasteiger partial charge in [0.2, 0.25) is 0 Å². The summed E-state index contributed by atoms with van der Waals surface area (Å²) in [6.45, 7) is 7.86. The van der Waals surface area contributed by atoms with Crippen molar-refractivity contribution in [1.29, 1.82) is 0 Å². The van der Waals surface area contributed by atoms with Gasteiger partial charge >= 0.3 is 0 Å². The molecule has 0 saturated heterocycles. The van der Waals surface area contributed by atoms with E-state index in [1.807, 2.05) is 75.5 Å². The van der Waals surface area contributed by atoms with Gasteiger partial charge in [-0.15, -0.1) is 0 Å². The number of aromatic nitrogens is 1. The maximum atomic E-state index is 13.2. The van der Waals surface area contributed by atoms with E-state index in [1.54, 1.807) is 0 Å².